The Kier molecular flexibility index (Phi) is 1.85. The summed E-state index contributed by atoms with van der Waals surface area (Å²) < 4.78 is 11.1. The molecule has 0 spiro atoms. The van der Waals surface area contributed by atoms with Gasteiger partial charge in [-0.25, -0.2) is 0 Å². The van der Waals surface area contributed by atoms with Gasteiger partial charge in [-0.1, -0.05) is 29.5 Å². The lowest BCUT2D eigenvalue weighted by Gasteiger charge is -1.81. The Morgan fingerprint density at radius 2 is 2.09 bits per heavy atom. The Labute approximate surface area is 72.9 Å². The molecule has 0 fully saturated rings. The summed E-state index contributed by atoms with van der Waals surface area (Å²) in [7, 11) is 0. The fraction of sp³-hybridized carbons (Fsp3) is 0. The largest absolute Gasteiger partial charge is 0.242 e. The van der Waals surface area contributed by atoms with Crippen molar-refractivity contribution in [3.63, 3.8) is 0 Å². The van der Waals surface area contributed by atoms with Crippen LogP contribution in [0.3, 0.4) is 0 Å². The molecule has 1 heterocycles. The van der Waals surface area contributed by atoms with Gasteiger partial charge in [0.1, 0.15) is 0 Å². The van der Waals surface area contributed by atoms with E-state index in [0.29, 0.717) is 12.0 Å². The molecule has 0 unspecified atom stereocenters. The van der Waals surface area contributed by atoms with Gasteiger partial charge in [-0.2, -0.15) is 4.55 Å². The van der Waals surface area contributed by atoms with Gasteiger partial charge < -0.3 is 0 Å². The van der Waals surface area contributed by atoms with Gasteiger partial charge in [0.15, 0.2) is 12.0 Å². The predicted molar refractivity (Wildman–Crippen MR) is 51.5 cm³/mol. The van der Waals surface area contributed by atoms with Crippen LogP contribution in [0.2, 0.25) is 0 Å². The lowest BCUT2D eigenvalue weighted by molar-refractivity contribution is 0.660. The van der Waals surface area contributed by atoms with Crippen LogP contribution in [-0.4, -0.2) is 4.55 Å². The summed E-state index contributed by atoms with van der Waals surface area (Å²) in [5.74, 6) is 0. The quantitative estimate of drug-likeness (QED) is 0.532. The number of thiophene rings is 1. The minimum atomic E-state index is 0.372. The molecule has 1 N–H and O–H groups in total. The SMILES string of the molecule is O[SH+]c1cc2ccccc2s1. The Hall–Kier alpha value is -0.510. The zero-order valence-electron chi connectivity index (χ0n) is 5.69. The molecule has 11 heavy (non-hydrogen) atoms. The molecule has 0 aliphatic heterocycles. The minimum Gasteiger partial charge on any atom is -0.183 e. The van der Waals surface area contributed by atoms with E-state index in [2.05, 4.69) is 12.1 Å². The zero-order chi connectivity index (χ0) is 7.68. The number of thiol groups is 1. The molecule has 3 heteroatoms. The van der Waals surface area contributed by atoms with Crippen LogP contribution >= 0.6 is 11.3 Å². The molecule has 0 aliphatic carbocycles. The van der Waals surface area contributed by atoms with Crippen LogP contribution < -0.4 is 0 Å². The van der Waals surface area contributed by atoms with E-state index in [1.165, 1.54) is 10.1 Å². The van der Waals surface area contributed by atoms with Crippen molar-refractivity contribution < 1.29 is 4.55 Å². The first kappa shape index (κ1) is 7.16. The van der Waals surface area contributed by atoms with Crippen LogP contribution in [0.15, 0.2) is 34.5 Å². The highest BCUT2D eigenvalue weighted by Gasteiger charge is 2.05. The molecular formula is C8H7OS2+. The van der Waals surface area contributed by atoms with E-state index in [4.69, 9.17) is 4.55 Å². The third-order valence-corrected chi connectivity index (χ3v) is 3.27. The predicted octanol–water partition coefficient (Wildman–Crippen LogP) is 2.55. The first-order chi connectivity index (χ1) is 5.40. The monoisotopic (exact) mass is 183 g/mol. The molecule has 0 atom stereocenters. The number of benzene rings is 1. The maximum Gasteiger partial charge on any atom is 0.242 e. The van der Waals surface area contributed by atoms with Crippen molar-refractivity contribution in [3.05, 3.63) is 30.3 Å². The third kappa shape index (κ3) is 1.27. The lowest BCUT2D eigenvalue weighted by atomic mass is 10.3. The molecule has 2 aromatic rings. The van der Waals surface area contributed by atoms with Gasteiger partial charge in [0.25, 0.3) is 0 Å². The summed E-state index contributed by atoms with van der Waals surface area (Å²) in [5.41, 5.74) is 0. The highest BCUT2D eigenvalue weighted by Crippen LogP contribution is 2.25. The van der Waals surface area contributed by atoms with Gasteiger partial charge in [-0.3, -0.25) is 0 Å². The molecule has 0 saturated heterocycles. The maximum atomic E-state index is 8.82. The summed E-state index contributed by atoms with van der Waals surface area (Å²) in [6.45, 7) is 0. The average Bonchev–Trinajstić information content (AvgIpc) is 2.46. The second-order valence-corrected chi connectivity index (χ2v) is 4.29. The molecule has 0 saturated carbocycles. The van der Waals surface area contributed by atoms with Crippen LogP contribution in [0.1, 0.15) is 0 Å². The fourth-order valence-corrected chi connectivity index (χ4v) is 2.47. The Morgan fingerprint density at radius 3 is 2.82 bits per heavy atom. The standard InChI is InChI=1S/C8H6OS2/c9-11-8-5-6-3-1-2-4-7(6)10-8/h1-5,9H/p+1. The zero-order valence-corrected chi connectivity index (χ0v) is 7.40. The molecule has 0 amide bonds. The molecule has 1 aromatic carbocycles. The van der Waals surface area contributed by atoms with Crippen LogP contribution in [0.5, 0.6) is 0 Å². The summed E-state index contributed by atoms with van der Waals surface area (Å²) in [6.07, 6.45) is 0. The molecule has 1 nitrogen and oxygen atoms in total. The molecule has 0 radical (unpaired) electrons. The molecular weight excluding hydrogens is 176 g/mol. The Bertz CT molecular complexity index is 334. The van der Waals surface area contributed by atoms with E-state index in [9.17, 15) is 0 Å². The van der Waals surface area contributed by atoms with Crippen LogP contribution in [0, 0.1) is 0 Å². The maximum absolute atomic E-state index is 8.82. The Balaban J connectivity index is 2.69. The van der Waals surface area contributed by atoms with E-state index in [0.717, 1.165) is 4.21 Å². The smallest absolute Gasteiger partial charge is 0.183 e. The average molecular weight is 183 g/mol. The second-order valence-electron chi connectivity index (χ2n) is 2.22. The number of fused-ring (bicyclic) bond motifs is 1. The summed E-state index contributed by atoms with van der Waals surface area (Å²) in [4.78, 5) is 0. The van der Waals surface area contributed by atoms with Crippen LogP contribution in [-0.2, 0) is 12.0 Å². The van der Waals surface area contributed by atoms with Gasteiger partial charge in [-0.15, -0.1) is 0 Å². The first-order valence-electron chi connectivity index (χ1n) is 3.24. The Morgan fingerprint density at radius 1 is 1.27 bits per heavy atom. The molecule has 56 valence electrons. The molecule has 1 aromatic heterocycles. The van der Waals surface area contributed by atoms with Gasteiger partial charge >= 0.3 is 0 Å². The van der Waals surface area contributed by atoms with E-state index in [-0.39, 0.29) is 0 Å². The lowest BCUT2D eigenvalue weighted by Crippen LogP contribution is -1.66. The number of rotatable bonds is 1. The molecule has 2 rings (SSSR count). The highest BCUT2D eigenvalue weighted by molar-refractivity contribution is 7.75. The summed E-state index contributed by atoms with van der Waals surface area (Å²) in [6, 6.07) is 10.2. The van der Waals surface area contributed by atoms with Gasteiger partial charge in [0, 0.05) is 10.8 Å². The van der Waals surface area contributed by atoms with Crippen molar-refractivity contribution in [2.24, 2.45) is 0 Å². The molecule has 0 aliphatic rings. The molecule has 0 bridgehead atoms. The topological polar surface area (TPSA) is 20.2 Å². The first-order valence-corrected chi connectivity index (χ1v) is 4.90. The van der Waals surface area contributed by atoms with Crippen molar-refractivity contribution in [1.29, 1.82) is 0 Å². The van der Waals surface area contributed by atoms with E-state index < -0.39 is 0 Å². The third-order valence-electron chi connectivity index (χ3n) is 1.51. The second kappa shape index (κ2) is 2.85. The summed E-state index contributed by atoms with van der Waals surface area (Å²) in [5, 5.41) is 1.22. The van der Waals surface area contributed by atoms with Crippen molar-refractivity contribution in [3.8, 4) is 0 Å². The van der Waals surface area contributed by atoms with E-state index in [1.54, 1.807) is 11.3 Å². The van der Waals surface area contributed by atoms with Gasteiger partial charge in [0.05, 0.1) is 0 Å². The van der Waals surface area contributed by atoms with E-state index in [1.807, 2.05) is 18.2 Å². The number of hydrogen-bond acceptors (Lipinski definition) is 2. The van der Waals surface area contributed by atoms with Crippen LogP contribution in [0.4, 0.5) is 0 Å². The normalized spacial score (nSPS) is 10.6. The van der Waals surface area contributed by atoms with Crippen LogP contribution in [0.25, 0.3) is 10.1 Å². The number of hydrogen-bond donors (Lipinski definition) is 1. The minimum absolute atomic E-state index is 0.372. The van der Waals surface area contributed by atoms with Crippen molar-refractivity contribution >= 4 is 33.5 Å². The van der Waals surface area contributed by atoms with Gasteiger partial charge in [-0.05, 0) is 11.5 Å². The van der Waals surface area contributed by atoms with Crippen molar-refractivity contribution in [2.45, 2.75) is 4.21 Å². The van der Waals surface area contributed by atoms with Crippen molar-refractivity contribution in [1.82, 2.24) is 0 Å². The van der Waals surface area contributed by atoms with Gasteiger partial charge in [0.2, 0.25) is 4.21 Å². The van der Waals surface area contributed by atoms with E-state index >= 15 is 0 Å². The summed E-state index contributed by atoms with van der Waals surface area (Å²) >= 11 is 2.01. The van der Waals surface area contributed by atoms with Crippen molar-refractivity contribution in [2.75, 3.05) is 0 Å². The highest BCUT2D eigenvalue weighted by atomic mass is 32.2. The fourth-order valence-electron chi connectivity index (χ4n) is 1.02.